The van der Waals surface area contributed by atoms with Crippen molar-refractivity contribution in [3.8, 4) is 0 Å². The zero-order valence-electron chi connectivity index (χ0n) is 15.0. The number of thiazole rings is 1. The molecule has 6 nitrogen and oxygen atoms in total. The third-order valence-corrected chi connectivity index (χ3v) is 4.73. The SMILES string of the molecule is Cc1cc(C(=O)N(CCCN(C)C)c2nc3c(F)cc(F)cc3s2)on1.Cl. The monoisotopic (exact) mass is 416 g/mol. The second kappa shape index (κ2) is 8.73. The predicted molar refractivity (Wildman–Crippen MR) is 103 cm³/mol. The van der Waals surface area contributed by atoms with Crippen LogP contribution in [0.3, 0.4) is 0 Å². The van der Waals surface area contributed by atoms with Gasteiger partial charge in [0.2, 0.25) is 5.76 Å². The van der Waals surface area contributed by atoms with Crippen molar-refractivity contribution in [1.82, 2.24) is 15.0 Å². The Bertz CT molecular complexity index is 944. The van der Waals surface area contributed by atoms with Gasteiger partial charge in [-0.25, -0.2) is 13.8 Å². The summed E-state index contributed by atoms with van der Waals surface area (Å²) < 4.78 is 32.8. The van der Waals surface area contributed by atoms with Crippen LogP contribution < -0.4 is 4.90 Å². The van der Waals surface area contributed by atoms with Crippen molar-refractivity contribution >= 4 is 45.0 Å². The van der Waals surface area contributed by atoms with Crippen molar-refractivity contribution in [2.75, 3.05) is 32.1 Å². The third kappa shape index (κ3) is 4.79. The first-order valence-corrected chi connectivity index (χ1v) is 8.82. The number of fused-ring (bicyclic) bond motifs is 1. The molecule has 0 N–H and O–H groups in total. The Morgan fingerprint density at radius 2 is 1.96 bits per heavy atom. The summed E-state index contributed by atoms with van der Waals surface area (Å²) in [5.41, 5.74) is 0.629. The third-order valence-electron chi connectivity index (χ3n) is 3.70. The van der Waals surface area contributed by atoms with Crippen LogP contribution in [0.15, 0.2) is 22.7 Å². The maximum Gasteiger partial charge on any atom is 0.298 e. The Hall–Kier alpha value is -2.10. The highest BCUT2D eigenvalue weighted by Gasteiger charge is 2.25. The summed E-state index contributed by atoms with van der Waals surface area (Å²) in [6, 6.07) is 3.53. The van der Waals surface area contributed by atoms with Crippen LogP contribution in [0.5, 0.6) is 0 Å². The molecule has 0 radical (unpaired) electrons. The lowest BCUT2D eigenvalue weighted by atomic mass is 10.3. The molecule has 1 amide bonds. The number of amides is 1. The molecule has 3 rings (SSSR count). The minimum Gasteiger partial charge on any atom is -0.351 e. The van der Waals surface area contributed by atoms with Crippen LogP contribution in [0.2, 0.25) is 0 Å². The summed E-state index contributed by atoms with van der Waals surface area (Å²) in [4.78, 5) is 20.5. The van der Waals surface area contributed by atoms with E-state index >= 15 is 0 Å². The summed E-state index contributed by atoms with van der Waals surface area (Å²) in [5, 5.41) is 4.03. The molecular formula is C17H19ClF2N4O2S. The average Bonchev–Trinajstić information content (AvgIpc) is 3.17. The Labute approximate surface area is 165 Å². The van der Waals surface area contributed by atoms with E-state index in [1.807, 2.05) is 19.0 Å². The number of nitrogens with zero attached hydrogens (tertiary/aromatic N) is 4. The van der Waals surface area contributed by atoms with Crippen molar-refractivity contribution in [1.29, 1.82) is 0 Å². The highest BCUT2D eigenvalue weighted by molar-refractivity contribution is 7.22. The Kier molecular flexibility index (Phi) is 6.85. The van der Waals surface area contributed by atoms with E-state index < -0.39 is 17.5 Å². The number of rotatable bonds is 6. The van der Waals surface area contributed by atoms with Crippen LogP contribution >= 0.6 is 23.7 Å². The lowest BCUT2D eigenvalue weighted by Crippen LogP contribution is -2.33. The normalized spacial score (nSPS) is 11.0. The molecule has 0 atom stereocenters. The van der Waals surface area contributed by atoms with Crippen LogP contribution in [-0.2, 0) is 0 Å². The molecule has 0 saturated carbocycles. The summed E-state index contributed by atoms with van der Waals surface area (Å²) >= 11 is 1.06. The van der Waals surface area contributed by atoms with Crippen molar-refractivity contribution < 1.29 is 18.1 Å². The minimum atomic E-state index is -0.751. The quantitative estimate of drug-likeness (QED) is 0.610. The molecule has 10 heteroatoms. The van der Waals surface area contributed by atoms with Crippen molar-refractivity contribution in [2.24, 2.45) is 0 Å². The number of benzene rings is 1. The molecule has 0 saturated heterocycles. The lowest BCUT2D eigenvalue weighted by molar-refractivity contribution is 0.0950. The number of aryl methyl sites for hydroxylation is 1. The first kappa shape index (κ1) is 21.2. The van der Waals surface area contributed by atoms with E-state index in [0.29, 0.717) is 28.5 Å². The second-order valence-electron chi connectivity index (χ2n) is 6.18. The topological polar surface area (TPSA) is 62.5 Å². The van der Waals surface area contributed by atoms with Gasteiger partial charge in [-0.1, -0.05) is 16.5 Å². The highest BCUT2D eigenvalue weighted by atomic mass is 35.5. The molecule has 0 spiro atoms. The van der Waals surface area contributed by atoms with Gasteiger partial charge in [-0.2, -0.15) is 0 Å². The summed E-state index contributed by atoms with van der Waals surface area (Å²) in [6.07, 6.45) is 0.679. The van der Waals surface area contributed by atoms with Gasteiger partial charge in [0.1, 0.15) is 11.3 Å². The van der Waals surface area contributed by atoms with Gasteiger partial charge in [-0.3, -0.25) is 9.69 Å². The molecule has 3 aromatic rings. The number of carbonyl (C=O) groups is 1. The van der Waals surface area contributed by atoms with Crippen molar-refractivity contribution in [2.45, 2.75) is 13.3 Å². The fourth-order valence-electron chi connectivity index (χ4n) is 2.49. The molecule has 2 aromatic heterocycles. The molecule has 0 aliphatic heterocycles. The molecule has 0 fully saturated rings. The Morgan fingerprint density at radius 1 is 1.22 bits per heavy atom. The van der Waals surface area contributed by atoms with Crippen molar-refractivity contribution in [3.63, 3.8) is 0 Å². The summed E-state index contributed by atoms with van der Waals surface area (Å²) in [5.74, 6) is -1.76. The van der Waals surface area contributed by atoms with Crippen LogP contribution in [0, 0.1) is 18.6 Å². The van der Waals surface area contributed by atoms with E-state index in [2.05, 4.69) is 10.1 Å². The fourth-order valence-corrected chi connectivity index (χ4v) is 3.52. The lowest BCUT2D eigenvalue weighted by Gasteiger charge is -2.19. The van der Waals surface area contributed by atoms with Crippen LogP contribution in [0.25, 0.3) is 10.2 Å². The molecule has 0 unspecified atom stereocenters. The van der Waals surface area contributed by atoms with E-state index in [1.165, 1.54) is 17.0 Å². The molecule has 0 aliphatic rings. The number of halogens is 3. The van der Waals surface area contributed by atoms with Crippen LogP contribution in [-0.4, -0.2) is 48.1 Å². The molecule has 0 bridgehead atoms. The van der Waals surface area contributed by atoms with E-state index in [-0.39, 0.29) is 23.7 Å². The largest absolute Gasteiger partial charge is 0.351 e. The number of hydrogen-bond acceptors (Lipinski definition) is 6. The molecular weight excluding hydrogens is 398 g/mol. The predicted octanol–water partition coefficient (Wildman–Crippen LogP) is 3.89. The van der Waals surface area contributed by atoms with Crippen LogP contribution in [0.1, 0.15) is 22.7 Å². The zero-order chi connectivity index (χ0) is 18.8. The maximum absolute atomic E-state index is 14.0. The van der Waals surface area contributed by atoms with E-state index in [0.717, 1.165) is 23.9 Å². The van der Waals surface area contributed by atoms with Crippen LogP contribution in [0.4, 0.5) is 13.9 Å². The van der Waals surface area contributed by atoms with Crippen molar-refractivity contribution in [3.05, 3.63) is 41.3 Å². The second-order valence-corrected chi connectivity index (χ2v) is 7.19. The van der Waals surface area contributed by atoms with Gasteiger partial charge in [0, 0.05) is 18.7 Å². The zero-order valence-corrected chi connectivity index (χ0v) is 16.7. The van der Waals surface area contributed by atoms with Gasteiger partial charge in [0.05, 0.1) is 10.4 Å². The number of hydrogen-bond donors (Lipinski definition) is 0. The van der Waals surface area contributed by atoms with E-state index in [1.54, 1.807) is 6.92 Å². The standard InChI is InChI=1S/C17H18F2N4O2S.ClH/c1-10-7-13(25-21-10)16(24)23(6-4-5-22(2)3)17-20-15-12(19)8-11(18)9-14(15)26-17;/h7-9H,4-6H2,1-3H3;1H. The first-order chi connectivity index (χ1) is 12.3. The van der Waals surface area contributed by atoms with E-state index in [4.69, 9.17) is 4.52 Å². The molecule has 1 aromatic carbocycles. The molecule has 146 valence electrons. The number of carbonyl (C=O) groups excluding carboxylic acids is 1. The minimum absolute atomic E-state index is 0. The van der Waals surface area contributed by atoms with Gasteiger partial charge in [0.25, 0.3) is 5.91 Å². The van der Waals surface area contributed by atoms with Gasteiger partial charge in [-0.15, -0.1) is 12.4 Å². The van der Waals surface area contributed by atoms with Gasteiger partial charge < -0.3 is 9.42 Å². The summed E-state index contributed by atoms with van der Waals surface area (Å²) in [7, 11) is 3.86. The first-order valence-electron chi connectivity index (χ1n) is 8.00. The van der Waals surface area contributed by atoms with E-state index in [9.17, 15) is 13.6 Å². The fraction of sp³-hybridized carbons (Fsp3) is 0.353. The Morgan fingerprint density at radius 3 is 2.59 bits per heavy atom. The molecule has 2 heterocycles. The number of anilines is 1. The van der Waals surface area contributed by atoms with Gasteiger partial charge in [0.15, 0.2) is 10.9 Å². The molecule has 0 aliphatic carbocycles. The molecule has 27 heavy (non-hydrogen) atoms. The Balaban J connectivity index is 0.00000261. The maximum atomic E-state index is 14.0. The highest BCUT2D eigenvalue weighted by Crippen LogP contribution is 2.32. The number of aromatic nitrogens is 2. The smallest absolute Gasteiger partial charge is 0.298 e. The summed E-state index contributed by atoms with van der Waals surface area (Å²) in [6.45, 7) is 2.83. The average molecular weight is 417 g/mol. The van der Waals surface area contributed by atoms with Gasteiger partial charge in [-0.05, 0) is 40.1 Å². The van der Waals surface area contributed by atoms with Gasteiger partial charge >= 0.3 is 0 Å².